The van der Waals surface area contributed by atoms with Crippen molar-refractivity contribution in [2.45, 2.75) is 18.1 Å². The first-order chi connectivity index (χ1) is 12.2. The Morgan fingerprint density at radius 2 is 1.96 bits per heavy atom. The Balaban J connectivity index is 1.65. The van der Waals surface area contributed by atoms with Crippen LogP contribution >= 0.6 is 11.8 Å². The zero-order valence-electron chi connectivity index (χ0n) is 14.3. The standard InChI is InChI=1S/C20H22FNO2S/c1-24-18-9-5-2-6-15(18)14-20(23)22-11-10-19(25-13-12-22)16-7-3-4-8-17(16)21/h2-9,19H,10-14H2,1H3. The largest absolute Gasteiger partial charge is 0.496 e. The number of amides is 1. The molecule has 132 valence electrons. The number of rotatable bonds is 4. The van der Waals surface area contributed by atoms with Crippen molar-refractivity contribution < 1.29 is 13.9 Å². The second-order valence-corrected chi connectivity index (χ2v) is 7.35. The normalized spacial score (nSPS) is 17.8. The predicted octanol–water partition coefficient (Wildman–Crippen LogP) is 4.08. The van der Waals surface area contributed by atoms with Crippen LogP contribution in [0.3, 0.4) is 0 Å². The molecule has 1 atom stereocenters. The van der Waals surface area contributed by atoms with Crippen molar-refractivity contribution in [1.82, 2.24) is 4.90 Å². The minimum absolute atomic E-state index is 0.0966. The Bertz CT molecular complexity index is 737. The van der Waals surface area contributed by atoms with Crippen LogP contribution in [0.5, 0.6) is 5.75 Å². The van der Waals surface area contributed by atoms with Crippen LogP contribution in [0.1, 0.15) is 22.8 Å². The van der Waals surface area contributed by atoms with Gasteiger partial charge in [-0.15, -0.1) is 0 Å². The molecule has 0 bridgehead atoms. The third kappa shape index (κ3) is 4.34. The molecular formula is C20H22FNO2S. The predicted molar refractivity (Wildman–Crippen MR) is 99.5 cm³/mol. The van der Waals surface area contributed by atoms with Crippen LogP contribution in [0.4, 0.5) is 4.39 Å². The second-order valence-electron chi connectivity index (χ2n) is 6.04. The van der Waals surface area contributed by atoms with Crippen molar-refractivity contribution in [3.8, 4) is 5.75 Å². The monoisotopic (exact) mass is 359 g/mol. The van der Waals surface area contributed by atoms with Gasteiger partial charge in [0.25, 0.3) is 0 Å². The van der Waals surface area contributed by atoms with Crippen molar-refractivity contribution in [2.24, 2.45) is 0 Å². The van der Waals surface area contributed by atoms with E-state index in [1.165, 1.54) is 6.07 Å². The van der Waals surface area contributed by atoms with Crippen LogP contribution < -0.4 is 4.74 Å². The zero-order valence-corrected chi connectivity index (χ0v) is 15.1. The lowest BCUT2D eigenvalue weighted by Gasteiger charge is -2.21. The summed E-state index contributed by atoms with van der Waals surface area (Å²) in [6.07, 6.45) is 1.10. The highest BCUT2D eigenvalue weighted by Gasteiger charge is 2.24. The fourth-order valence-electron chi connectivity index (χ4n) is 3.13. The van der Waals surface area contributed by atoms with E-state index in [0.29, 0.717) is 19.5 Å². The molecule has 3 nitrogen and oxygen atoms in total. The molecule has 3 rings (SSSR count). The summed E-state index contributed by atoms with van der Waals surface area (Å²) in [7, 11) is 1.62. The van der Waals surface area contributed by atoms with E-state index in [-0.39, 0.29) is 17.0 Å². The van der Waals surface area contributed by atoms with Crippen LogP contribution in [0.25, 0.3) is 0 Å². The quantitative estimate of drug-likeness (QED) is 0.824. The minimum atomic E-state index is -0.159. The Morgan fingerprint density at radius 3 is 2.76 bits per heavy atom. The average Bonchev–Trinajstić information content (AvgIpc) is 2.89. The summed E-state index contributed by atoms with van der Waals surface area (Å²) in [6.45, 7) is 1.35. The van der Waals surface area contributed by atoms with E-state index in [1.807, 2.05) is 41.3 Å². The number of carbonyl (C=O) groups excluding carboxylic acids is 1. The molecule has 0 radical (unpaired) electrons. The third-order valence-corrected chi connectivity index (χ3v) is 5.79. The molecule has 1 saturated heterocycles. The molecule has 1 fully saturated rings. The van der Waals surface area contributed by atoms with Crippen molar-refractivity contribution in [1.29, 1.82) is 0 Å². The molecule has 0 aliphatic carbocycles. The van der Waals surface area contributed by atoms with E-state index in [2.05, 4.69) is 0 Å². The van der Waals surface area contributed by atoms with Gasteiger partial charge in [0.2, 0.25) is 5.91 Å². The first kappa shape index (κ1) is 17.8. The van der Waals surface area contributed by atoms with Crippen molar-refractivity contribution in [3.05, 3.63) is 65.5 Å². The van der Waals surface area contributed by atoms with E-state index in [0.717, 1.165) is 29.1 Å². The number of halogens is 1. The summed E-state index contributed by atoms with van der Waals surface area (Å²) in [6, 6.07) is 14.5. The zero-order chi connectivity index (χ0) is 17.6. The number of thioether (sulfide) groups is 1. The smallest absolute Gasteiger partial charge is 0.227 e. The molecule has 1 unspecified atom stereocenters. The molecule has 1 aliphatic rings. The van der Waals surface area contributed by atoms with Crippen LogP contribution in [-0.4, -0.2) is 36.8 Å². The maximum Gasteiger partial charge on any atom is 0.227 e. The highest BCUT2D eigenvalue weighted by molar-refractivity contribution is 7.99. The Morgan fingerprint density at radius 1 is 1.20 bits per heavy atom. The number of carbonyl (C=O) groups is 1. The molecular weight excluding hydrogens is 337 g/mol. The number of hydrogen-bond donors (Lipinski definition) is 0. The highest BCUT2D eigenvalue weighted by atomic mass is 32.2. The second kappa shape index (κ2) is 8.39. The van der Waals surface area contributed by atoms with E-state index in [9.17, 15) is 9.18 Å². The van der Waals surface area contributed by atoms with Crippen molar-refractivity contribution >= 4 is 17.7 Å². The van der Waals surface area contributed by atoms with Gasteiger partial charge in [0.05, 0.1) is 13.5 Å². The van der Waals surface area contributed by atoms with Gasteiger partial charge in [-0.3, -0.25) is 4.79 Å². The third-order valence-electron chi connectivity index (χ3n) is 4.48. The van der Waals surface area contributed by atoms with Crippen molar-refractivity contribution in [2.75, 3.05) is 26.0 Å². The lowest BCUT2D eigenvalue weighted by atomic mass is 10.1. The molecule has 0 N–H and O–H groups in total. The molecule has 5 heteroatoms. The van der Waals surface area contributed by atoms with Crippen LogP contribution in [0, 0.1) is 5.82 Å². The Kier molecular flexibility index (Phi) is 5.97. The topological polar surface area (TPSA) is 29.5 Å². The van der Waals surface area contributed by atoms with Gasteiger partial charge in [0, 0.05) is 35.2 Å². The molecule has 1 aliphatic heterocycles. The van der Waals surface area contributed by atoms with Gasteiger partial charge < -0.3 is 9.64 Å². The first-order valence-corrected chi connectivity index (χ1v) is 9.49. The average molecular weight is 359 g/mol. The fourth-order valence-corrected chi connectivity index (χ4v) is 4.38. The molecule has 0 aromatic heterocycles. The number of para-hydroxylation sites is 1. The van der Waals surface area contributed by atoms with Gasteiger partial charge in [-0.25, -0.2) is 4.39 Å². The first-order valence-electron chi connectivity index (χ1n) is 8.44. The van der Waals surface area contributed by atoms with E-state index in [4.69, 9.17) is 4.74 Å². The Hall–Kier alpha value is -2.01. The lowest BCUT2D eigenvalue weighted by Crippen LogP contribution is -2.34. The van der Waals surface area contributed by atoms with E-state index in [1.54, 1.807) is 24.9 Å². The van der Waals surface area contributed by atoms with Crippen LogP contribution in [-0.2, 0) is 11.2 Å². The van der Waals surface area contributed by atoms with E-state index < -0.39 is 0 Å². The molecule has 2 aromatic carbocycles. The molecule has 1 amide bonds. The summed E-state index contributed by atoms with van der Waals surface area (Å²) in [5.41, 5.74) is 1.64. The number of nitrogens with zero attached hydrogens (tertiary/aromatic N) is 1. The molecule has 2 aromatic rings. The van der Waals surface area contributed by atoms with Crippen LogP contribution in [0.2, 0.25) is 0 Å². The molecule has 25 heavy (non-hydrogen) atoms. The van der Waals surface area contributed by atoms with Gasteiger partial charge in [0.15, 0.2) is 0 Å². The summed E-state index contributed by atoms with van der Waals surface area (Å²) in [5, 5.41) is 0.102. The maximum atomic E-state index is 14.0. The highest BCUT2D eigenvalue weighted by Crippen LogP contribution is 2.35. The van der Waals surface area contributed by atoms with Gasteiger partial charge in [-0.05, 0) is 18.6 Å². The summed E-state index contributed by atoms with van der Waals surface area (Å²) in [4.78, 5) is 14.6. The Labute approximate surface area is 152 Å². The van der Waals surface area contributed by atoms with Crippen molar-refractivity contribution in [3.63, 3.8) is 0 Å². The minimum Gasteiger partial charge on any atom is -0.496 e. The van der Waals surface area contributed by atoms with E-state index >= 15 is 0 Å². The van der Waals surface area contributed by atoms with Gasteiger partial charge in [0.1, 0.15) is 11.6 Å². The summed E-state index contributed by atoms with van der Waals surface area (Å²) in [5.74, 6) is 1.49. The summed E-state index contributed by atoms with van der Waals surface area (Å²) < 4.78 is 19.4. The number of methoxy groups -OCH3 is 1. The van der Waals surface area contributed by atoms with Gasteiger partial charge >= 0.3 is 0 Å². The van der Waals surface area contributed by atoms with Crippen LogP contribution in [0.15, 0.2) is 48.5 Å². The number of hydrogen-bond acceptors (Lipinski definition) is 3. The van der Waals surface area contributed by atoms with Gasteiger partial charge in [-0.2, -0.15) is 11.8 Å². The molecule has 0 spiro atoms. The maximum absolute atomic E-state index is 14.0. The molecule has 0 saturated carbocycles. The molecule has 1 heterocycles. The number of ether oxygens (including phenoxy) is 1. The van der Waals surface area contributed by atoms with Gasteiger partial charge in [-0.1, -0.05) is 36.4 Å². The fraction of sp³-hybridized carbons (Fsp3) is 0.350. The number of benzene rings is 2. The lowest BCUT2D eigenvalue weighted by molar-refractivity contribution is -0.130. The SMILES string of the molecule is COc1ccccc1CC(=O)N1CCSC(c2ccccc2F)CC1. The summed E-state index contributed by atoms with van der Waals surface area (Å²) >= 11 is 1.73.